The van der Waals surface area contributed by atoms with E-state index in [2.05, 4.69) is 5.32 Å². The number of ketones is 1. The number of hydrogen-bond donors (Lipinski definition) is 1. The molecule has 3 nitrogen and oxygen atoms in total. The zero-order valence-electron chi connectivity index (χ0n) is 12.5. The topological polar surface area (TPSA) is 46.2 Å². The van der Waals surface area contributed by atoms with E-state index in [1.54, 1.807) is 11.8 Å². The molecule has 0 atom stereocenters. The van der Waals surface area contributed by atoms with Gasteiger partial charge in [0.05, 0.1) is 4.88 Å². The van der Waals surface area contributed by atoms with E-state index in [0.29, 0.717) is 6.54 Å². The third-order valence-corrected chi connectivity index (χ3v) is 5.09. The van der Waals surface area contributed by atoms with Gasteiger partial charge in [-0.15, -0.1) is 23.1 Å². The molecular formula is C17H19NO2S2. The molecule has 5 heteroatoms. The summed E-state index contributed by atoms with van der Waals surface area (Å²) in [4.78, 5) is 26.7. The van der Waals surface area contributed by atoms with Crippen LogP contribution in [0.4, 0.5) is 0 Å². The average molecular weight is 333 g/mol. The number of aryl methyl sites for hydroxylation is 1. The van der Waals surface area contributed by atoms with Crippen molar-refractivity contribution in [2.24, 2.45) is 0 Å². The summed E-state index contributed by atoms with van der Waals surface area (Å²) in [7, 11) is 0. The Labute approximate surface area is 139 Å². The first-order valence-electron chi connectivity index (χ1n) is 7.19. The van der Waals surface area contributed by atoms with E-state index in [1.165, 1.54) is 16.2 Å². The van der Waals surface area contributed by atoms with Gasteiger partial charge in [-0.2, -0.15) is 0 Å². The minimum absolute atomic E-state index is 0.0481. The van der Waals surface area contributed by atoms with E-state index < -0.39 is 0 Å². The fraction of sp³-hybridized carbons (Fsp3) is 0.294. The molecule has 116 valence electrons. The van der Waals surface area contributed by atoms with Crippen molar-refractivity contribution in [1.29, 1.82) is 0 Å². The number of rotatable bonds is 8. The molecule has 0 saturated heterocycles. The Balaban J connectivity index is 1.61. The Morgan fingerprint density at radius 2 is 1.86 bits per heavy atom. The summed E-state index contributed by atoms with van der Waals surface area (Å²) in [6, 6.07) is 13.8. The molecule has 0 unspecified atom stereocenters. The largest absolute Gasteiger partial charge is 0.355 e. The summed E-state index contributed by atoms with van der Waals surface area (Å²) in [6.45, 7) is 2.59. The molecule has 1 aromatic carbocycles. The molecule has 0 aliphatic heterocycles. The smallest absolute Gasteiger partial charge is 0.220 e. The van der Waals surface area contributed by atoms with Gasteiger partial charge in [-0.1, -0.05) is 18.2 Å². The second-order valence-electron chi connectivity index (χ2n) is 4.84. The predicted molar refractivity (Wildman–Crippen MR) is 92.8 cm³/mol. The van der Waals surface area contributed by atoms with Crippen LogP contribution in [-0.4, -0.2) is 24.0 Å². The molecule has 0 aliphatic carbocycles. The SMILES string of the molecule is Cc1ccc(C(=O)CCC(=O)NCCSc2ccccc2)s1. The fourth-order valence-electron chi connectivity index (χ4n) is 1.90. The highest BCUT2D eigenvalue weighted by Gasteiger charge is 2.10. The second kappa shape index (κ2) is 8.76. The van der Waals surface area contributed by atoms with Crippen LogP contribution >= 0.6 is 23.1 Å². The molecule has 2 aromatic rings. The Morgan fingerprint density at radius 1 is 1.09 bits per heavy atom. The van der Waals surface area contributed by atoms with E-state index >= 15 is 0 Å². The zero-order valence-corrected chi connectivity index (χ0v) is 14.1. The Hall–Kier alpha value is -1.59. The van der Waals surface area contributed by atoms with Gasteiger partial charge in [0, 0.05) is 34.9 Å². The number of carbonyl (C=O) groups excluding carboxylic acids is 2. The number of thiophene rings is 1. The minimum Gasteiger partial charge on any atom is -0.355 e. The molecular weight excluding hydrogens is 314 g/mol. The molecule has 22 heavy (non-hydrogen) atoms. The lowest BCUT2D eigenvalue weighted by atomic mass is 10.2. The fourth-order valence-corrected chi connectivity index (χ4v) is 3.52. The number of thioether (sulfide) groups is 1. The maximum absolute atomic E-state index is 11.9. The first-order valence-corrected chi connectivity index (χ1v) is 8.99. The van der Waals surface area contributed by atoms with E-state index in [9.17, 15) is 9.59 Å². The monoisotopic (exact) mass is 333 g/mol. The summed E-state index contributed by atoms with van der Waals surface area (Å²) < 4.78 is 0. The van der Waals surface area contributed by atoms with Crippen LogP contribution in [0, 0.1) is 6.92 Å². The molecule has 0 radical (unpaired) electrons. The molecule has 0 spiro atoms. The van der Waals surface area contributed by atoms with Crippen LogP contribution in [0.5, 0.6) is 0 Å². The Kier molecular flexibility index (Phi) is 6.68. The summed E-state index contributed by atoms with van der Waals surface area (Å²) >= 11 is 3.19. The van der Waals surface area contributed by atoms with Crippen LogP contribution < -0.4 is 5.32 Å². The van der Waals surface area contributed by atoms with Gasteiger partial charge in [-0.05, 0) is 31.2 Å². The van der Waals surface area contributed by atoms with Gasteiger partial charge < -0.3 is 5.32 Å². The van der Waals surface area contributed by atoms with Crippen LogP contribution in [0.3, 0.4) is 0 Å². The Bertz CT molecular complexity index is 623. The van der Waals surface area contributed by atoms with Crippen molar-refractivity contribution in [2.45, 2.75) is 24.7 Å². The quantitative estimate of drug-likeness (QED) is 0.452. The van der Waals surface area contributed by atoms with Crippen molar-refractivity contribution in [3.8, 4) is 0 Å². The van der Waals surface area contributed by atoms with E-state index in [1.807, 2.05) is 49.4 Å². The summed E-state index contributed by atoms with van der Waals surface area (Å²) in [5.74, 6) is 0.815. The first-order chi connectivity index (χ1) is 10.6. The molecule has 0 fully saturated rings. The highest BCUT2D eigenvalue weighted by molar-refractivity contribution is 7.99. The third-order valence-electron chi connectivity index (χ3n) is 3.03. The van der Waals surface area contributed by atoms with Crippen LogP contribution in [-0.2, 0) is 4.79 Å². The van der Waals surface area contributed by atoms with Crippen molar-refractivity contribution in [1.82, 2.24) is 5.32 Å². The number of Topliss-reactive ketones (excluding diaryl/α,β-unsaturated/α-hetero) is 1. The van der Waals surface area contributed by atoms with Gasteiger partial charge in [0.2, 0.25) is 5.91 Å². The molecule has 1 aromatic heterocycles. The number of carbonyl (C=O) groups is 2. The van der Waals surface area contributed by atoms with E-state index in [4.69, 9.17) is 0 Å². The molecule has 1 heterocycles. The second-order valence-corrected chi connectivity index (χ2v) is 7.30. The summed E-state index contributed by atoms with van der Waals surface area (Å²) in [5, 5.41) is 2.86. The standard InChI is InChI=1S/C17H19NO2S2/c1-13-7-9-16(22-13)15(19)8-10-17(20)18-11-12-21-14-5-3-2-4-6-14/h2-7,9H,8,10-12H2,1H3,(H,18,20). The van der Waals surface area contributed by atoms with Crippen LogP contribution in [0.25, 0.3) is 0 Å². The van der Waals surface area contributed by atoms with Crippen molar-refractivity contribution >= 4 is 34.8 Å². The zero-order chi connectivity index (χ0) is 15.8. The van der Waals surface area contributed by atoms with Crippen LogP contribution in [0.15, 0.2) is 47.4 Å². The van der Waals surface area contributed by atoms with Gasteiger partial charge >= 0.3 is 0 Å². The van der Waals surface area contributed by atoms with Crippen molar-refractivity contribution < 1.29 is 9.59 Å². The number of hydrogen-bond acceptors (Lipinski definition) is 4. The van der Waals surface area contributed by atoms with Crippen molar-refractivity contribution in [3.05, 3.63) is 52.2 Å². The van der Waals surface area contributed by atoms with Crippen molar-refractivity contribution in [2.75, 3.05) is 12.3 Å². The summed E-state index contributed by atoms with van der Waals surface area (Å²) in [6.07, 6.45) is 0.531. The number of benzene rings is 1. The molecule has 0 saturated carbocycles. The number of amides is 1. The molecule has 2 rings (SSSR count). The Morgan fingerprint density at radius 3 is 2.55 bits per heavy atom. The number of nitrogens with one attached hydrogen (secondary N) is 1. The van der Waals surface area contributed by atoms with Gasteiger partial charge in [-0.3, -0.25) is 9.59 Å². The minimum atomic E-state index is -0.0599. The van der Waals surface area contributed by atoms with Gasteiger partial charge in [0.25, 0.3) is 0 Å². The van der Waals surface area contributed by atoms with E-state index in [-0.39, 0.29) is 24.5 Å². The maximum Gasteiger partial charge on any atom is 0.220 e. The van der Waals surface area contributed by atoms with E-state index in [0.717, 1.165) is 15.5 Å². The van der Waals surface area contributed by atoms with Gasteiger partial charge in [0.1, 0.15) is 0 Å². The lowest BCUT2D eigenvalue weighted by Crippen LogP contribution is -2.26. The molecule has 0 bridgehead atoms. The van der Waals surface area contributed by atoms with Gasteiger partial charge in [0.15, 0.2) is 5.78 Å². The van der Waals surface area contributed by atoms with Crippen LogP contribution in [0.1, 0.15) is 27.4 Å². The molecule has 1 amide bonds. The highest BCUT2D eigenvalue weighted by atomic mass is 32.2. The molecule has 1 N–H and O–H groups in total. The highest BCUT2D eigenvalue weighted by Crippen LogP contribution is 2.17. The van der Waals surface area contributed by atoms with Crippen LogP contribution in [0.2, 0.25) is 0 Å². The van der Waals surface area contributed by atoms with Crippen molar-refractivity contribution in [3.63, 3.8) is 0 Å². The average Bonchev–Trinajstić information content (AvgIpc) is 2.97. The molecule has 0 aliphatic rings. The lowest BCUT2D eigenvalue weighted by molar-refractivity contribution is -0.120. The third kappa shape index (κ3) is 5.66. The summed E-state index contributed by atoms with van der Waals surface area (Å²) in [5.41, 5.74) is 0. The predicted octanol–water partition coefficient (Wildman–Crippen LogP) is 3.93. The maximum atomic E-state index is 11.9. The normalized spacial score (nSPS) is 10.4. The first kappa shape index (κ1) is 16.8. The van der Waals surface area contributed by atoms with Gasteiger partial charge in [-0.25, -0.2) is 0 Å². The lowest BCUT2D eigenvalue weighted by Gasteiger charge is -2.04.